The maximum atomic E-state index is 13.3. The zero-order chi connectivity index (χ0) is 17.5. The Hall–Kier alpha value is -2.65. The Morgan fingerprint density at radius 1 is 1.00 bits per heavy atom. The van der Waals surface area contributed by atoms with Crippen LogP contribution in [0.25, 0.3) is 17.1 Å². The molecule has 0 spiro atoms. The summed E-state index contributed by atoms with van der Waals surface area (Å²) in [7, 11) is 0. The van der Waals surface area contributed by atoms with Gasteiger partial charge in [0, 0.05) is 23.4 Å². The second kappa shape index (κ2) is 8.45. The first-order chi connectivity index (χ1) is 12.3. The van der Waals surface area contributed by atoms with Crippen LogP contribution in [0.4, 0.5) is 4.39 Å². The predicted octanol–water partition coefficient (Wildman–Crippen LogP) is 4.86. The third-order valence-corrected chi connectivity index (χ3v) is 4.68. The SMILES string of the molecule is N#CCCCCSc1nnc(-c2ccccc2)n1-c1ccc(F)cc1. The minimum Gasteiger partial charge on any atom is -0.270 e. The molecule has 0 N–H and O–H groups in total. The maximum Gasteiger partial charge on any atom is 0.196 e. The molecule has 2 aromatic carbocycles. The smallest absolute Gasteiger partial charge is 0.196 e. The van der Waals surface area contributed by atoms with Gasteiger partial charge >= 0.3 is 0 Å². The summed E-state index contributed by atoms with van der Waals surface area (Å²) in [4.78, 5) is 0. The highest BCUT2D eigenvalue weighted by Gasteiger charge is 2.15. The van der Waals surface area contributed by atoms with Gasteiger partial charge in [-0.3, -0.25) is 4.57 Å². The number of rotatable bonds is 7. The van der Waals surface area contributed by atoms with Crippen molar-refractivity contribution in [2.24, 2.45) is 0 Å². The molecule has 0 saturated heterocycles. The van der Waals surface area contributed by atoms with Gasteiger partial charge in [-0.1, -0.05) is 42.1 Å². The fraction of sp³-hybridized carbons (Fsp3) is 0.211. The van der Waals surface area contributed by atoms with Gasteiger partial charge < -0.3 is 0 Å². The quantitative estimate of drug-likeness (QED) is 0.450. The standard InChI is InChI=1S/C19H17FN4S/c20-16-9-11-17(12-10-16)24-18(15-7-3-1-4-8-15)22-23-19(24)25-14-6-2-5-13-21/h1,3-4,7-12H,2,5-6,14H2. The Morgan fingerprint density at radius 3 is 2.48 bits per heavy atom. The van der Waals surface area contributed by atoms with Gasteiger partial charge in [0.2, 0.25) is 0 Å². The van der Waals surface area contributed by atoms with Crippen LogP contribution in [-0.2, 0) is 0 Å². The van der Waals surface area contributed by atoms with Gasteiger partial charge in [0.1, 0.15) is 5.82 Å². The minimum atomic E-state index is -0.274. The minimum absolute atomic E-state index is 0.274. The van der Waals surface area contributed by atoms with Crippen LogP contribution in [0.15, 0.2) is 59.8 Å². The average Bonchev–Trinajstić information content (AvgIpc) is 3.07. The summed E-state index contributed by atoms with van der Waals surface area (Å²) in [6.45, 7) is 0. The molecule has 0 unspecified atom stereocenters. The van der Waals surface area contributed by atoms with E-state index in [1.54, 1.807) is 23.9 Å². The molecular weight excluding hydrogens is 335 g/mol. The van der Waals surface area contributed by atoms with Crippen molar-refractivity contribution < 1.29 is 4.39 Å². The summed E-state index contributed by atoms with van der Waals surface area (Å²) < 4.78 is 15.2. The highest BCUT2D eigenvalue weighted by molar-refractivity contribution is 7.99. The van der Waals surface area contributed by atoms with Crippen LogP contribution in [0, 0.1) is 17.1 Å². The highest BCUT2D eigenvalue weighted by Crippen LogP contribution is 2.28. The molecule has 0 amide bonds. The fourth-order valence-corrected chi connectivity index (χ4v) is 3.38. The number of hydrogen-bond donors (Lipinski definition) is 0. The molecule has 0 saturated carbocycles. The Labute approximate surface area is 150 Å². The molecule has 0 aliphatic carbocycles. The van der Waals surface area contributed by atoms with Crippen molar-refractivity contribution in [1.29, 1.82) is 5.26 Å². The van der Waals surface area contributed by atoms with Crippen LogP contribution >= 0.6 is 11.8 Å². The van der Waals surface area contributed by atoms with Crippen molar-refractivity contribution in [3.63, 3.8) is 0 Å². The number of halogens is 1. The summed E-state index contributed by atoms with van der Waals surface area (Å²) in [6, 6.07) is 18.3. The third kappa shape index (κ3) is 4.25. The molecule has 1 aromatic heterocycles. The van der Waals surface area contributed by atoms with E-state index in [0.717, 1.165) is 40.8 Å². The molecule has 3 aromatic rings. The number of aromatic nitrogens is 3. The topological polar surface area (TPSA) is 54.5 Å². The van der Waals surface area contributed by atoms with Crippen LogP contribution in [0.5, 0.6) is 0 Å². The van der Waals surface area contributed by atoms with E-state index in [-0.39, 0.29) is 5.82 Å². The molecule has 1 heterocycles. The Balaban J connectivity index is 1.91. The second-order valence-corrected chi connectivity index (χ2v) is 6.51. The Morgan fingerprint density at radius 2 is 1.76 bits per heavy atom. The van der Waals surface area contributed by atoms with Crippen molar-refractivity contribution in [1.82, 2.24) is 14.8 Å². The van der Waals surface area contributed by atoms with Crippen LogP contribution < -0.4 is 0 Å². The molecule has 0 radical (unpaired) electrons. The van der Waals surface area contributed by atoms with E-state index in [0.29, 0.717) is 6.42 Å². The molecule has 126 valence electrons. The fourth-order valence-electron chi connectivity index (χ4n) is 2.43. The van der Waals surface area contributed by atoms with Gasteiger partial charge in [0.05, 0.1) is 6.07 Å². The largest absolute Gasteiger partial charge is 0.270 e. The maximum absolute atomic E-state index is 13.3. The summed E-state index contributed by atoms with van der Waals surface area (Å²) in [5, 5.41) is 18.1. The lowest BCUT2D eigenvalue weighted by molar-refractivity contribution is 0.627. The van der Waals surface area contributed by atoms with Gasteiger partial charge in [0.25, 0.3) is 0 Å². The molecule has 0 aliphatic heterocycles. The first-order valence-electron chi connectivity index (χ1n) is 8.06. The van der Waals surface area contributed by atoms with Crippen LogP contribution in [-0.4, -0.2) is 20.5 Å². The van der Waals surface area contributed by atoms with Crippen molar-refractivity contribution in [3.05, 3.63) is 60.4 Å². The van der Waals surface area contributed by atoms with Crippen LogP contribution in [0.2, 0.25) is 0 Å². The van der Waals surface area contributed by atoms with E-state index in [1.807, 2.05) is 34.9 Å². The number of thioether (sulfide) groups is 1. The molecule has 25 heavy (non-hydrogen) atoms. The third-order valence-electron chi connectivity index (χ3n) is 3.66. The van der Waals surface area contributed by atoms with Gasteiger partial charge in [-0.25, -0.2) is 4.39 Å². The molecule has 4 nitrogen and oxygen atoms in total. The molecule has 0 aliphatic rings. The van der Waals surface area contributed by atoms with Gasteiger partial charge in [-0.05, 0) is 37.1 Å². The number of nitriles is 1. The summed E-state index contributed by atoms with van der Waals surface area (Å²) in [5.74, 6) is 1.31. The van der Waals surface area contributed by atoms with Gasteiger partial charge in [-0.15, -0.1) is 10.2 Å². The molecule has 3 rings (SSSR count). The predicted molar refractivity (Wildman–Crippen MR) is 96.9 cm³/mol. The van der Waals surface area contributed by atoms with Crippen LogP contribution in [0.3, 0.4) is 0 Å². The molecule has 0 fully saturated rings. The van der Waals surface area contributed by atoms with E-state index in [9.17, 15) is 4.39 Å². The first kappa shape index (κ1) is 17.2. The number of unbranched alkanes of at least 4 members (excludes halogenated alkanes) is 2. The van der Waals surface area contributed by atoms with Gasteiger partial charge in [0.15, 0.2) is 11.0 Å². The first-order valence-corrected chi connectivity index (χ1v) is 9.04. The molecule has 6 heteroatoms. The number of nitrogens with zero attached hydrogens (tertiary/aromatic N) is 4. The Kier molecular flexibility index (Phi) is 5.81. The molecular formula is C19H17FN4S. The average molecular weight is 352 g/mol. The molecule has 0 bridgehead atoms. The van der Waals surface area contributed by atoms with E-state index < -0.39 is 0 Å². The summed E-state index contributed by atoms with van der Waals surface area (Å²) in [6.07, 6.45) is 2.38. The van der Waals surface area contributed by atoms with Crippen LogP contribution in [0.1, 0.15) is 19.3 Å². The lowest BCUT2D eigenvalue weighted by Crippen LogP contribution is -2.00. The summed E-state index contributed by atoms with van der Waals surface area (Å²) >= 11 is 1.60. The summed E-state index contributed by atoms with van der Waals surface area (Å²) in [5.41, 5.74) is 1.78. The van der Waals surface area contributed by atoms with Crippen molar-refractivity contribution >= 4 is 11.8 Å². The van der Waals surface area contributed by atoms with Gasteiger partial charge in [-0.2, -0.15) is 5.26 Å². The van der Waals surface area contributed by atoms with Crippen molar-refractivity contribution in [3.8, 4) is 23.1 Å². The normalized spacial score (nSPS) is 10.6. The van der Waals surface area contributed by atoms with Crippen molar-refractivity contribution in [2.75, 3.05) is 5.75 Å². The van der Waals surface area contributed by atoms with Crippen molar-refractivity contribution in [2.45, 2.75) is 24.4 Å². The molecule has 0 atom stereocenters. The number of benzene rings is 2. The highest BCUT2D eigenvalue weighted by atomic mass is 32.2. The monoisotopic (exact) mass is 352 g/mol. The lowest BCUT2D eigenvalue weighted by atomic mass is 10.2. The second-order valence-electron chi connectivity index (χ2n) is 5.45. The van der Waals surface area contributed by atoms with E-state index in [1.165, 1.54) is 12.1 Å². The van der Waals surface area contributed by atoms with E-state index in [2.05, 4.69) is 16.3 Å². The Bertz CT molecular complexity index is 853. The zero-order valence-electron chi connectivity index (χ0n) is 13.6. The lowest BCUT2D eigenvalue weighted by Gasteiger charge is -2.10. The van der Waals surface area contributed by atoms with E-state index >= 15 is 0 Å². The number of hydrogen-bond acceptors (Lipinski definition) is 4. The van der Waals surface area contributed by atoms with E-state index in [4.69, 9.17) is 5.26 Å². The zero-order valence-corrected chi connectivity index (χ0v) is 14.4.